The second kappa shape index (κ2) is 7.14. The highest BCUT2D eigenvalue weighted by Gasteiger charge is 2.17. The van der Waals surface area contributed by atoms with Crippen LogP contribution in [-0.2, 0) is 9.53 Å². The Balaban J connectivity index is 2.15. The molecule has 0 spiro atoms. The van der Waals surface area contributed by atoms with Crippen molar-refractivity contribution in [1.29, 1.82) is 0 Å². The van der Waals surface area contributed by atoms with Gasteiger partial charge in [0.05, 0.1) is 19.1 Å². The van der Waals surface area contributed by atoms with Crippen molar-refractivity contribution >= 4 is 18.0 Å². The minimum atomic E-state index is -0.631. The summed E-state index contributed by atoms with van der Waals surface area (Å²) in [5.74, 6) is -0.638. The third-order valence-corrected chi connectivity index (χ3v) is 2.48. The lowest BCUT2D eigenvalue weighted by molar-refractivity contribution is -0.139. The van der Waals surface area contributed by atoms with E-state index in [-0.39, 0.29) is 18.1 Å². The molecule has 0 atom stereocenters. The first-order chi connectivity index (χ1) is 10.2. The van der Waals surface area contributed by atoms with Gasteiger partial charge in [0.2, 0.25) is 0 Å². The quantitative estimate of drug-likeness (QED) is 0.653. The predicted octanol–water partition coefficient (Wildman–Crippen LogP) is 2.60. The van der Waals surface area contributed by atoms with Crippen LogP contribution in [0.2, 0.25) is 0 Å². The molecule has 6 nitrogen and oxygen atoms in total. The summed E-state index contributed by atoms with van der Waals surface area (Å²) in [5, 5.41) is 2.46. The van der Waals surface area contributed by atoms with E-state index in [9.17, 15) is 9.59 Å². The number of ether oxygens (including phenoxy) is 1. The standard InChI is InChI=1S/C15H15NO5/c1-2-7-21-15(18)12(10-11-5-3-8-19-11)16-14(17)13-6-4-9-20-13/h3-6,8-10H,2,7H2,1H3,(H,16,17). The first-order valence-electron chi connectivity index (χ1n) is 6.48. The molecule has 2 heterocycles. The minimum Gasteiger partial charge on any atom is -0.465 e. The van der Waals surface area contributed by atoms with Gasteiger partial charge in [0.25, 0.3) is 5.91 Å². The van der Waals surface area contributed by atoms with Gasteiger partial charge in [-0.3, -0.25) is 4.79 Å². The minimum absolute atomic E-state index is 0.0141. The van der Waals surface area contributed by atoms with Gasteiger partial charge < -0.3 is 18.9 Å². The van der Waals surface area contributed by atoms with Crippen LogP contribution in [0.25, 0.3) is 6.08 Å². The van der Waals surface area contributed by atoms with Crippen LogP contribution in [-0.4, -0.2) is 18.5 Å². The summed E-state index contributed by atoms with van der Waals surface area (Å²) in [4.78, 5) is 23.9. The van der Waals surface area contributed by atoms with Crippen LogP contribution < -0.4 is 5.32 Å². The van der Waals surface area contributed by atoms with E-state index < -0.39 is 11.9 Å². The van der Waals surface area contributed by atoms with Crippen LogP contribution in [0, 0.1) is 0 Å². The lowest BCUT2D eigenvalue weighted by Crippen LogP contribution is -2.28. The number of carbonyl (C=O) groups is 2. The van der Waals surface area contributed by atoms with Crippen molar-refractivity contribution in [2.75, 3.05) is 6.61 Å². The molecule has 0 saturated heterocycles. The Labute approximate surface area is 121 Å². The smallest absolute Gasteiger partial charge is 0.354 e. The number of amides is 1. The number of esters is 1. The molecule has 0 aliphatic carbocycles. The predicted molar refractivity (Wildman–Crippen MR) is 74.1 cm³/mol. The van der Waals surface area contributed by atoms with Gasteiger partial charge in [-0.15, -0.1) is 0 Å². The van der Waals surface area contributed by atoms with Crippen LogP contribution in [0.5, 0.6) is 0 Å². The van der Waals surface area contributed by atoms with Crippen LogP contribution in [0.4, 0.5) is 0 Å². The summed E-state index contributed by atoms with van der Waals surface area (Å²) in [6, 6.07) is 6.42. The van der Waals surface area contributed by atoms with Crippen molar-refractivity contribution in [2.45, 2.75) is 13.3 Å². The van der Waals surface area contributed by atoms with Gasteiger partial charge in [0, 0.05) is 6.08 Å². The average molecular weight is 289 g/mol. The average Bonchev–Trinajstić information content (AvgIpc) is 3.16. The Morgan fingerprint density at radius 1 is 1.24 bits per heavy atom. The summed E-state index contributed by atoms with van der Waals surface area (Å²) >= 11 is 0. The molecule has 0 saturated carbocycles. The molecule has 0 aromatic carbocycles. The molecule has 2 aromatic heterocycles. The summed E-state index contributed by atoms with van der Waals surface area (Å²) in [5.41, 5.74) is -0.0141. The van der Waals surface area contributed by atoms with E-state index in [0.717, 1.165) is 0 Å². The second-order valence-corrected chi connectivity index (χ2v) is 4.14. The van der Waals surface area contributed by atoms with Crippen molar-refractivity contribution in [1.82, 2.24) is 5.32 Å². The third-order valence-electron chi connectivity index (χ3n) is 2.48. The van der Waals surface area contributed by atoms with Gasteiger partial charge in [-0.2, -0.15) is 0 Å². The fourth-order valence-corrected chi connectivity index (χ4v) is 1.53. The highest BCUT2D eigenvalue weighted by Crippen LogP contribution is 2.09. The van der Waals surface area contributed by atoms with Crippen molar-refractivity contribution in [3.63, 3.8) is 0 Å². The molecule has 0 unspecified atom stereocenters. The fraction of sp³-hybridized carbons (Fsp3) is 0.200. The van der Waals surface area contributed by atoms with E-state index in [0.29, 0.717) is 12.2 Å². The van der Waals surface area contributed by atoms with Crippen molar-refractivity contribution < 1.29 is 23.2 Å². The lowest BCUT2D eigenvalue weighted by atomic mass is 10.3. The Bertz CT molecular complexity index is 611. The summed E-state index contributed by atoms with van der Waals surface area (Å²) in [6.07, 6.45) is 4.93. The van der Waals surface area contributed by atoms with Gasteiger partial charge in [-0.05, 0) is 30.7 Å². The van der Waals surface area contributed by atoms with Crippen molar-refractivity contribution in [2.24, 2.45) is 0 Å². The van der Waals surface area contributed by atoms with Crippen LogP contribution >= 0.6 is 0 Å². The Morgan fingerprint density at radius 3 is 2.62 bits per heavy atom. The molecule has 2 rings (SSSR count). The molecule has 0 aliphatic rings. The fourth-order valence-electron chi connectivity index (χ4n) is 1.53. The van der Waals surface area contributed by atoms with Crippen LogP contribution in [0.15, 0.2) is 51.3 Å². The highest BCUT2D eigenvalue weighted by atomic mass is 16.5. The van der Waals surface area contributed by atoms with E-state index in [4.69, 9.17) is 13.6 Å². The van der Waals surface area contributed by atoms with Crippen molar-refractivity contribution in [3.8, 4) is 0 Å². The van der Waals surface area contributed by atoms with E-state index in [1.165, 1.54) is 24.7 Å². The van der Waals surface area contributed by atoms with Gasteiger partial charge in [0.1, 0.15) is 11.5 Å². The Kier molecular flexibility index (Phi) is 4.98. The number of nitrogens with one attached hydrogen (secondary N) is 1. The zero-order chi connectivity index (χ0) is 15.1. The van der Waals surface area contributed by atoms with Crippen LogP contribution in [0.3, 0.4) is 0 Å². The van der Waals surface area contributed by atoms with Gasteiger partial charge >= 0.3 is 5.97 Å². The molecule has 6 heteroatoms. The molecule has 1 amide bonds. The number of hydrogen-bond donors (Lipinski definition) is 1. The maximum Gasteiger partial charge on any atom is 0.354 e. The maximum atomic E-state index is 12.0. The third kappa shape index (κ3) is 4.10. The highest BCUT2D eigenvalue weighted by molar-refractivity contribution is 6.01. The number of furan rings is 2. The van der Waals surface area contributed by atoms with E-state index >= 15 is 0 Å². The van der Waals surface area contributed by atoms with Gasteiger partial charge in [-0.25, -0.2) is 4.79 Å². The SMILES string of the molecule is CCCOC(=O)C(=Cc1ccco1)NC(=O)c1ccco1. The second-order valence-electron chi connectivity index (χ2n) is 4.14. The molecule has 2 aromatic rings. The zero-order valence-corrected chi connectivity index (χ0v) is 11.5. The molecule has 0 radical (unpaired) electrons. The molecular weight excluding hydrogens is 274 g/mol. The normalized spacial score (nSPS) is 11.2. The first kappa shape index (κ1) is 14.6. The van der Waals surface area contributed by atoms with Gasteiger partial charge in [-0.1, -0.05) is 6.92 Å². The van der Waals surface area contributed by atoms with Crippen LogP contribution in [0.1, 0.15) is 29.7 Å². The molecule has 1 N–H and O–H groups in total. The van der Waals surface area contributed by atoms with E-state index in [1.54, 1.807) is 18.2 Å². The molecule has 0 fully saturated rings. The molecule has 110 valence electrons. The molecule has 0 aliphatic heterocycles. The molecular formula is C15H15NO5. The summed E-state index contributed by atoms with van der Waals surface area (Å²) in [7, 11) is 0. The van der Waals surface area contributed by atoms with E-state index in [1.807, 2.05) is 6.92 Å². The number of hydrogen-bond acceptors (Lipinski definition) is 5. The first-order valence-corrected chi connectivity index (χ1v) is 6.48. The number of carbonyl (C=O) groups excluding carboxylic acids is 2. The Hall–Kier alpha value is -2.76. The zero-order valence-electron chi connectivity index (χ0n) is 11.5. The monoisotopic (exact) mass is 289 g/mol. The topological polar surface area (TPSA) is 81.7 Å². The summed E-state index contributed by atoms with van der Waals surface area (Å²) in [6.45, 7) is 2.15. The van der Waals surface area contributed by atoms with E-state index in [2.05, 4.69) is 5.32 Å². The van der Waals surface area contributed by atoms with Crippen molar-refractivity contribution in [3.05, 3.63) is 54.0 Å². The molecule has 21 heavy (non-hydrogen) atoms. The Morgan fingerprint density at radius 2 is 2.00 bits per heavy atom. The summed E-state index contributed by atoms with van der Waals surface area (Å²) < 4.78 is 15.1. The lowest BCUT2D eigenvalue weighted by Gasteiger charge is -2.08. The largest absolute Gasteiger partial charge is 0.465 e. The number of rotatable bonds is 6. The van der Waals surface area contributed by atoms with Gasteiger partial charge in [0.15, 0.2) is 5.76 Å². The molecule has 0 bridgehead atoms. The maximum absolute atomic E-state index is 12.0.